The number of nitrogens with two attached hydrogens (primary N) is 1. The number of primary amides is 1. The number of hydrogen-bond acceptors (Lipinski definition) is 5. The van der Waals surface area contributed by atoms with Crippen LogP contribution in [0.1, 0.15) is 29.6 Å². The first-order chi connectivity index (χ1) is 11.5. The standard InChI is InChI=1S/C17H23N3O4.ClH/c1-23-13-7-10(15(18)21)12(8-14(13)24-2)20-16(22)11-9-17(11)3-5-19-6-4-17;/h7-8,11,19H,3-6,9H2,1-2H3,(H2,18,21)(H,20,22);1H. The lowest BCUT2D eigenvalue weighted by atomic mass is 9.91. The molecule has 2 aliphatic rings. The molecule has 138 valence electrons. The van der Waals surface area contributed by atoms with Crippen LogP contribution in [-0.2, 0) is 4.79 Å². The Morgan fingerprint density at radius 2 is 1.80 bits per heavy atom. The lowest BCUT2D eigenvalue weighted by Gasteiger charge is -2.23. The molecular weight excluding hydrogens is 346 g/mol. The van der Waals surface area contributed by atoms with Crippen LogP contribution < -0.4 is 25.8 Å². The van der Waals surface area contributed by atoms with Gasteiger partial charge in [0.1, 0.15) is 0 Å². The van der Waals surface area contributed by atoms with E-state index in [4.69, 9.17) is 15.2 Å². The van der Waals surface area contributed by atoms with Gasteiger partial charge in [0.15, 0.2) is 11.5 Å². The second-order valence-corrected chi connectivity index (χ2v) is 6.48. The molecule has 1 saturated carbocycles. The highest BCUT2D eigenvalue weighted by Crippen LogP contribution is 2.58. The van der Waals surface area contributed by atoms with Gasteiger partial charge in [0.2, 0.25) is 5.91 Å². The average molecular weight is 370 g/mol. The van der Waals surface area contributed by atoms with Crippen molar-refractivity contribution < 1.29 is 19.1 Å². The first-order valence-corrected chi connectivity index (χ1v) is 8.08. The minimum absolute atomic E-state index is 0. The summed E-state index contributed by atoms with van der Waals surface area (Å²) in [6, 6.07) is 3.07. The number of benzene rings is 1. The molecule has 1 saturated heterocycles. The summed E-state index contributed by atoms with van der Waals surface area (Å²) < 4.78 is 10.4. The van der Waals surface area contributed by atoms with E-state index in [1.807, 2.05) is 0 Å². The molecule has 1 aromatic carbocycles. The Morgan fingerprint density at radius 3 is 2.36 bits per heavy atom. The molecule has 2 fully saturated rings. The third-order valence-electron chi connectivity index (χ3n) is 5.15. The molecule has 8 heteroatoms. The van der Waals surface area contributed by atoms with E-state index in [1.54, 1.807) is 6.07 Å². The third kappa shape index (κ3) is 3.67. The number of halogens is 1. The van der Waals surface area contributed by atoms with Gasteiger partial charge in [0.25, 0.3) is 5.91 Å². The third-order valence-corrected chi connectivity index (χ3v) is 5.15. The molecule has 1 aliphatic heterocycles. The van der Waals surface area contributed by atoms with Gasteiger partial charge in [-0.15, -0.1) is 12.4 Å². The minimum atomic E-state index is -0.626. The molecule has 1 spiro atoms. The Morgan fingerprint density at radius 1 is 1.20 bits per heavy atom. The Kier molecular flexibility index (Phi) is 5.80. The summed E-state index contributed by atoms with van der Waals surface area (Å²) in [5, 5.41) is 6.17. The maximum absolute atomic E-state index is 12.6. The molecule has 3 rings (SSSR count). The highest BCUT2D eigenvalue weighted by Gasteiger charge is 2.57. The van der Waals surface area contributed by atoms with Gasteiger partial charge < -0.3 is 25.8 Å². The Balaban J connectivity index is 0.00000225. The summed E-state index contributed by atoms with van der Waals surface area (Å²) in [7, 11) is 2.98. The van der Waals surface area contributed by atoms with Gasteiger partial charge in [0.05, 0.1) is 25.5 Å². The number of hydrogen-bond donors (Lipinski definition) is 3. The highest BCUT2D eigenvalue weighted by atomic mass is 35.5. The quantitative estimate of drug-likeness (QED) is 0.730. The number of rotatable bonds is 5. The normalized spacial score (nSPS) is 20.3. The summed E-state index contributed by atoms with van der Waals surface area (Å²) in [6.45, 7) is 1.90. The highest BCUT2D eigenvalue weighted by molar-refractivity contribution is 6.05. The van der Waals surface area contributed by atoms with Crippen LogP contribution in [0.3, 0.4) is 0 Å². The largest absolute Gasteiger partial charge is 0.493 e. The number of carbonyl (C=O) groups excluding carboxylic acids is 2. The Bertz CT molecular complexity index is 674. The van der Waals surface area contributed by atoms with Crippen LogP contribution in [0.25, 0.3) is 0 Å². The molecule has 7 nitrogen and oxygen atoms in total. The van der Waals surface area contributed by atoms with Crippen molar-refractivity contribution in [1.82, 2.24) is 5.32 Å². The maximum atomic E-state index is 12.6. The monoisotopic (exact) mass is 369 g/mol. The smallest absolute Gasteiger partial charge is 0.250 e. The van der Waals surface area contributed by atoms with Gasteiger partial charge >= 0.3 is 0 Å². The number of piperidine rings is 1. The fraction of sp³-hybridized carbons (Fsp3) is 0.529. The van der Waals surface area contributed by atoms with E-state index in [0.29, 0.717) is 17.2 Å². The van der Waals surface area contributed by atoms with Crippen LogP contribution in [0.5, 0.6) is 11.5 Å². The van der Waals surface area contributed by atoms with Gasteiger partial charge in [-0.1, -0.05) is 0 Å². The topological polar surface area (TPSA) is 103 Å². The molecule has 1 aromatic rings. The molecule has 2 amide bonds. The second kappa shape index (κ2) is 7.49. The number of ether oxygens (including phenoxy) is 2. The van der Waals surface area contributed by atoms with E-state index in [1.165, 1.54) is 20.3 Å². The number of anilines is 1. The summed E-state index contributed by atoms with van der Waals surface area (Å²) in [6.07, 6.45) is 2.93. The molecular formula is C17H24ClN3O4. The predicted molar refractivity (Wildman–Crippen MR) is 96.6 cm³/mol. The van der Waals surface area contributed by atoms with E-state index in [9.17, 15) is 9.59 Å². The second-order valence-electron chi connectivity index (χ2n) is 6.48. The summed E-state index contributed by atoms with van der Waals surface area (Å²) in [5.41, 5.74) is 6.13. The molecule has 1 unspecified atom stereocenters. The van der Waals surface area contributed by atoms with Gasteiger partial charge in [-0.05, 0) is 43.8 Å². The van der Waals surface area contributed by atoms with Gasteiger partial charge in [-0.25, -0.2) is 0 Å². The van der Waals surface area contributed by atoms with Crippen molar-refractivity contribution in [2.75, 3.05) is 32.6 Å². The van der Waals surface area contributed by atoms with Crippen LogP contribution >= 0.6 is 12.4 Å². The summed E-state index contributed by atoms with van der Waals surface area (Å²) in [4.78, 5) is 24.3. The number of carbonyl (C=O) groups is 2. The van der Waals surface area contributed by atoms with Crippen molar-refractivity contribution in [3.8, 4) is 11.5 Å². The lowest BCUT2D eigenvalue weighted by molar-refractivity contribution is -0.118. The van der Waals surface area contributed by atoms with Crippen molar-refractivity contribution in [3.05, 3.63) is 17.7 Å². The fourth-order valence-electron chi connectivity index (χ4n) is 3.60. The average Bonchev–Trinajstić information content (AvgIpc) is 3.27. The van der Waals surface area contributed by atoms with Crippen molar-refractivity contribution in [1.29, 1.82) is 0 Å². The Hall–Kier alpha value is -1.99. The summed E-state index contributed by atoms with van der Waals surface area (Å²) >= 11 is 0. The molecule has 1 atom stereocenters. The van der Waals surface area contributed by atoms with E-state index >= 15 is 0 Å². The van der Waals surface area contributed by atoms with Crippen molar-refractivity contribution in [2.24, 2.45) is 17.1 Å². The number of methoxy groups -OCH3 is 2. The van der Waals surface area contributed by atoms with Crippen LogP contribution in [0.2, 0.25) is 0 Å². The maximum Gasteiger partial charge on any atom is 0.250 e. The first kappa shape index (κ1) is 19.3. The van der Waals surface area contributed by atoms with Crippen LogP contribution in [0, 0.1) is 11.3 Å². The zero-order valence-corrected chi connectivity index (χ0v) is 15.2. The van der Waals surface area contributed by atoms with Crippen LogP contribution in [0.4, 0.5) is 5.69 Å². The molecule has 0 aromatic heterocycles. The van der Waals surface area contributed by atoms with Gasteiger partial charge in [-0.2, -0.15) is 0 Å². The SMILES string of the molecule is COc1cc(NC(=O)C2CC23CCNCC3)c(C(N)=O)cc1OC.Cl. The molecule has 1 aliphatic carbocycles. The zero-order chi connectivity index (χ0) is 17.3. The van der Waals surface area contributed by atoms with E-state index in [0.717, 1.165) is 32.4 Å². The van der Waals surface area contributed by atoms with E-state index in [-0.39, 0.29) is 35.2 Å². The molecule has 0 radical (unpaired) electrons. The predicted octanol–water partition coefficient (Wildman–Crippen LogP) is 1.55. The van der Waals surface area contributed by atoms with Gasteiger partial charge in [0, 0.05) is 12.0 Å². The molecule has 1 heterocycles. The number of nitrogens with one attached hydrogen (secondary N) is 2. The molecule has 0 bridgehead atoms. The fourth-order valence-corrected chi connectivity index (χ4v) is 3.60. The molecule has 25 heavy (non-hydrogen) atoms. The van der Waals surface area contributed by atoms with Gasteiger partial charge in [-0.3, -0.25) is 9.59 Å². The van der Waals surface area contributed by atoms with Crippen molar-refractivity contribution in [3.63, 3.8) is 0 Å². The Labute approximate surface area is 153 Å². The van der Waals surface area contributed by atoms with Crippen LogP contribution in [0.15, 0.2) is 12.1 Å². The summed E-state index contributed by atoms with van der Waals surface area (Å²) in [5.74, 6) is 0.134. The number of amides is 2. The van der Waals surface area contributed by atoms with Crippen molar-refractivity contribution >= 4 is 29.9 Å². The van der Waals surface area contributed by atoms with Crippen molar-refractivity contribution in [2.45, 2.75) is 19.3 Å². The van der Waals surface area contributed by atoms with Crippen LogP contribution in [-0.4, -0.2) is 39.1 Å². The first-order valence-electron chi connectivity index (χ1n) is 8.08. The van der Waals surface area contributed by atoms with E-state index < -0.39 is 5.91 Å². The zero-order valence-electron chi connectivity index (χ0n) is 14.4. The lowest BCUT2D eigenvalue weighted by Crippen LogP contribution is -2.32. The molecule has 4 N–H and O–H groups in total. The minimum Gasteiger partial charge on any atom is -0.493 e. The van der Waals surface area contributed by atoms with E-state index in [2.05, 4.69) is 10.6 Å².